The van der Waals surface area contributed by atoms with Gasteiger partial charge in [0.15, 0.2) is 0 Å². The van der Waals surface area contributed by atoms with E-state index >= 15 is 0 Å². The maximum absolute atomic E-state index is 5.35. The lowest BCUT2D eigenvalue weighted by Gasteiger charge is -2.22. The van der Waals surface area contributed by atoms with Crippen molar-refractivity contribution in [3.05, 3.63) is 40.6 Å². The van der Waals surface area contributed by atoms with Crippen molar-refractivity contribution in [3.8, 4) is 0 Å². The minimum absolute atomic E-state index is 0.528. The largest absolute Gasteiger partial charge is 0.384 e. The molecule has 0 radical (unpaired) electrons. The van der Waals surface area contributed by atoms with E-state index in [2.05, 4.69) is 38.2 Å². The van der Waals surface area contributed by atoms with Crippen molar-refractivity contribution in [2.75, 3.05) is 20.3 Å². The molecular weight excluding hydrogens is 258 g/mol. The van der Waals surface area contributed by atoms with Crippen LogP contribution in [0.3, 0.4) is 0 Å². The Labute approximate surface area is 117 Å². The van der Waals surface area contributed by atoms with Gasteiger partial charge in [-0.1, -0.05) is 6.07 Å². The van der Waals surface area contributed by atoms with Gasteiger partial charge in [0.2, 0.25) is 0 Å². The van der Waals surface area contributed by atoms with Crippen molar-refractivity contribution in [1.29, 1.82) is 0 Å². The van der Waals surface area contributed by atoms with Gasteiger partial charge in [-0.05, 0) is 11.4 Å². The fourth-order valence-electron chi connectivity index (χ4n) is 2.71. The van der Waals surface area contributed by atoms with Gasteiger partial charge in [-0.2, -0.15) is 0 Å². The van der Waals surface area contributed by atoms with Crippen molar-refractivity contribution < 1.29 is 4.74 Å². The molecule has 0 spiro atoms. The van der Waals surface area contributed by atoms with E-state index in [1.165, 1.54) is 4.88 Å². The van der Waals surface area contributed by atoms with Crippen molar-refractivity contribution in [2.45, 2.75) is 19.6 Å². The summed E-state index contributed by atoms with van der Waals surface area (Å²) < 4.78 is 7.62. The molecule has 0 saturated heterocycles. The summed E-state index contributed by atoms with van der Waals surface area (Å²) in [5.74, 6) is 1.69. The molecule has 1 atom stereocenters. The van der Waals surface area contributed by atoms with Crippen molar-refractivity contribution in [2.24, 2.45) is 5.92 Å². The monoisotopic (exact) mass is 277 g/mol. The van der Waals surface area contributed by atoms with Crippen LogP contribution in [0.4, 0.5) is 0 Å². The summed E-state index contributed by atoms with van der Waals surface area (Å²) in [7, 11) is 1.78. The molecule has 2 aromatic heterocycles. The predicted octanol–water partition coefficient (Wildman–Crippen LogP) is 2.22. The van der Waals surface area contributed by atoms with Crippen molar-refractivity contribution in [1.82, 2.24) is 14.5 Å². The number of hydrogen-bond donors (Lipinski definition) is 0. The number of ether oxygens (including phenoxy) is 1. The van der Waals surface area contributed by atoms with Crippen LogP contribution in [0.1, 0.15) is 10.7 Å². The zero-order valence-electron chi connectivity index (χ0n) is 11.2. The highest BCUT2D eigenvalue weighted by Gasteiger charge is 2.22. The molecule has 2 aromatic rings. The minimum Gasteiger partial charge on any atom is -0.384 e. The van der Waals surface area contributed by atoms with Crippen molar-refractivity contribution in [3.63, 3.8) is 0 Å². The molecule has 0 N–H and O–H groups in total. The Morgan fingerprint density at radius 1 is 1.47 bits per heavy atom. The predicted molar refractivity (Wildman–Crippen MR) is 76.0 cm³/mol. The summed E-state index contributed by atoms with van der Waals surface area (Å²) in [5.41, 5.74) is 0. The maximum Gasteiger partial charge on any atom is 0.122 e. The van der Waals surface area contributed by atoms with E-state index in [1.54, 1.807) is 7.11 Å². The molecule has 0 bridgehead atoms. The average Bonchev–Trinajstić information content (AvgIpc) is 3.00. The van der Waals surface area contributed by atoms with Crippen LogP contribution >= 0.6 is 11.3 Å². The Kier molecular flexibility index (Phi) is 3.96. The zero-order chi connectivity index (χ0) is 13.1. The number of thiophene rings is 1. The first-order valence-electron chi connectivity index (χ1n) is 6.59. The van der Waals surface area contributed by atoms with Crippen LogP contribution in [0.15, 0.2) is 29.9 Å². The fraction of sp³-hybridized carbons (Fsp3) is 0.500. The zero-order valence-corrected chi connectivity index (χ0v) is 12.0. The Morgan fingerprint density at radius 2 is 2.42 bits per heavy atom. The smallest absolute Gasteiger partial charge is 0.122 e. The van der Waals surface area contributed by atoms with Gasteiger partial charge >= 0.3 is 0 Å². The second kappa shape index (κ2) is 5.86. The third-order valence-electron chi connectivity index (χ3n) is 3.50. The molecule has 3 heterocycles. The van der Waals surface area contributed by atoms with E-state index < -0.39 is 0 Å². The fourth-order valence-corrected chi connectivity index (χ4v) is 3.45. The first kappa shape index (κ1) is 12.8. The minimum atomic E-state index is 0.528. The number of rotatable bonds is 4. The lowest BCUT2D eigenvalue weighted by Crippen LogP contribution is -2.29. The molecule has 0 amide bonds. The van der Waals surface area contributed by atoms with E-state index in [0.717, 1.165) is 38.6 Å². The second-order valence-electron chi connectivity index (χ2n) is 5.07. The molecule has 0 aromatic carbocycles. The number of methoxy groups -OCH3 is 1. The summed E-state index contributed by atoms with van der Waals surface area (Å²) in [5, 5.41) is 2.14. The van der Waals surface area contributed by atoms with Gasteiger partial charge in [-0.3, -0.25) is 4.90 Å². The van der Waals surface area contributed by atoms with Crippen LogP contribution < -0.4 is 0 Å². The van der Waals surface area contributed by atoms with E-state index in [-0.39, 0.29) is 0 Å². The van der Waals surface area contributed by atoms with Crippen LogP contribution in [0.2, 0.25) is 0 Å². The molecule has 4 nitrogen and oxygen atoms in total. The van der Waals surface area contributed by atoms with Crippen LogP contribution in [0, 0.1) is 5.92 Å². The molecule has 0 aliphatic carbocycles. The summed E-state index contributed by atoms with van der Waals surface area (Å²) in [6.45, 7) is 4.80. The Balaban J connectivity index is 1.76. The van der Waals surface area contributed by atoms with Gasteiger partial charge in [-0.25, -0.2) is 4.98 Å². The molecule has 3 rings (SSSR count). The van der Waals surface area contributed by atoms with Crippen LogP contribution in [-0.2, 0) is 24.4 Å². The molecule has 5 heteroatoms. The van der Waals surface area contributed by atoms with Gasteiger partial charge in [0.05, 0.1) is 13.2 Å². The standard InChI is InChI=1S/C14H19N3OS/c1-18-11-12-7-16(9-13-3-2-6-19-13)10-14-15-4-5-17(14)8-12/h2-6,12H,7-11H2,1H3/t12-/m0/s1. The van der Waals surface area contributed by atoms with Gasteiger partial charge in [-0.15, -0.1) is 11.3 Å². The summed E-state index contributed by atoms with van der Waals surface area (Å²) in [4.78, 5) is 8.36. The molecule has 0 fully saturated rings. The Morgan fingerprint density at radius 3 is 3.21 bits per heavy atom. The lowest BCUT2D eigenvalue weighted by molar-refractivity contribution is 0.115. The number of imidazole rings is 1. The number of fused-ring (bicyclic) bond motifs is 1. The van der Waals surface area contributed by atoms with Crippen molar-refractivity contribution >= 4 is 11.3 Å². The molecule has 102 valence electrons. The highest BCUT2D eigenvalue weighted by molar-refractivity contribution is 7.09. The van der Waals surface area contributed by atoms with Crippen LogP contribution in [-0.4, -0.2) is 34.7 Å². The van der Waals surface area contributed by atoms with E-state index in [9.17, 15) is 0 Å². The molecule has 0 unspecified atom stereocenters. The van der Waals surface area contributed by atoms with Gasteiger partial charge in [0.1, 0.15) is 5.82 Å². The average molecular weight is 277 g/mol. The van der Waals surface area contributed by atoms with Gasteiger partial charge in [0.25, 0.3) is 0 Å². The number of hydrogen-bond acceptors (Lipinski definition) is 4. The Bertz CT molecular complexity index is 509. The highest BCUT2D eigenvalue weighted by Crippen LogP contribution is 2.19. The van der Waals surface area contributed by atoms with E-state index in [4.69, 9.17) is 4.74 Å². The SMILES string of the molecule is COC[C@H]1CN(Cc2cccs2)Cc2nccn2C1. The first-order chi connectivity index (χ1) is 9.35. The third kappa shape index (κ3) is 3.05. The first-order valence-corrected chi connectivity index (χ1v) is 7.47. The Hall–Kier alpha value is -1.17. The summed E-state index contributed by atoms with van der Waals surface area (Å²) in [6, 6.07) is 4.32. The molecule has 19 heavy (non-hydrogen) atoms. The number of aromatic nitrogens is 2. The molecule has 1 aliphatic heterocycles. The second-order valence-corrected chi connectivity index (χ2v) is 6.10. The quantitative estimate of drug-likeness (QED) is 0.858. The van der Waals surface area contributed by atoms with Crippen LogP contribution in [0.5, 0.6) is 0 Å². The summed E-state index contributed by atoms with van der Waals surface area (Å²) >= 11 is 1.82. The normalized spacial score (nSPS) is 20.2. The topological polar surface area (TPSA) is 30.3 Å². The maximum atomic E-state index is 5.35. The highest BCUT2D eigenvalue weighted by atomic mass is 32.1. The van der Waals surface area contributed by atoms with Gasteiger partial charge < -0.3 is 9.30 Å². The molecule has 1 aliphatic rings. The number of nitrogens with zero attached hydrogens (tertiary/aromatic N) is 3. The molecular formula is C14H19N3OS. The van der Waals surface area contributed by atoms with Crippen LogP contribution in [0.25, 0.3) is 0 Å². The summed E-state index contributed by atoms with van der Waals surface area (Å²) in [6.07, 6.45) is 3.97. The van der Waals surface area contributed by atoms with Gasteiger partial charge in [0, 0.05) is 49.9 Å². The third-order valence-corrected chi connectivity index (χ3v) is 4.36. The molecule has 0 saturated carbocycles. The van der Waals surface area contributed by atoms with E-state index in [1.807, 2.05) is 17.5 Å². The van der Waals surface area contributed by atoms with E-state index in [0.29, 0.717) is 5.92 Å². The lowest BCUT2D eigenvalue weighted by atomic mass is 10.1.